The highest BCUT2D eigenvalue weighted by molar-refractivity contribution is 5.95. The maximum Gasteiger partial charge on any atom is 0.338 e. The molecule has 0 aliphatic heterocycles. The van der Waals surface area contributed by atoms with Crippen LogP contribution in [0.3, 0.4) is 0 Å². The number of amides is 1. The number of benzene rings is 2. The van der Waals surface area contributed by atoms with Crippen LogP contribution in [0.2, 0.25) is 0 Å². The highest BCUT2D eigenvalue weighted by Crippen LogP contribution is 2.14. The Labute approximate surface area is 135 Å². The minimum atomic E-state index is -0.564. The Morgan fingerprint density at radius 3 is 2.61 bits per heavy atom. The van der Waals surface area contributed by atoms with Crippen LogP contribution in [0.25, 0.3) is 0 Å². The van der Waals surface area contributed by atoms with E-state index in [0.29, 0.717) is 23.6 Å². The molecule has 2 aromatic rings. The van der Waals surface area contributed by atoms with Gasteiger partial charge in [0.2, 0.25) is 0 Å². The van der Waals surface area contributed by atoms with Crippen LogP contribution < -0.4 is 10.1 Å². The third-order valence-electron chi connectivity index (χ3n) is 3.02. The zero-order valence-corrected chi connectivity index (χ0v) is 13.2. The summed E-state index contributed by atoms with van der Waals surface area (Å²) in [4.78, 5) is 23.8. The Morgan fingerprint density at radius 1 is 1.09 bits per heavy atom. The molecule has 0 atom stereocenters. The third-order valence-corrected chi connectivity index (χ3v) is 3.02. The highest BCUT2D eigenvalue weighted by Gasteiger charge is 2.11. The molecular weight excluding hydrogens is 294 g/mol. The molecule has 23 heavy (non-hydrogen) atoms. The van der Waals surface area contributed by atoms with Crippen LogP contribution in [0.4, 0.5) is 5.69 Å². The Morgan fingerprint density at radius 2 is 1.87 bits per heavy atom. The first-order valence-electron chi connectivity index (χ1n) is 7.35. The molecule has 120 valence electrons. The topological polar surface area (TPSA) is 64.6 Å². The lowest BCUT2D eigenvalue weighted by Crippen LogP contribution is -2.21. The Bertz CT molecular complexity index is 697. The van der Waals surface area contributed by atoms with Crippen molar-refractivity contribution in [2.24, 2.45) is 0 Å². The van der Waals surface area contributed by atoms with Gasteiger partial charge in [0.25, 0.3) is 5.91 Å². The first-order chi connectivity index (χ1) is 11.1. The SMILES string of the molecule is CCOc1cccc(C(=O)OCC(=O)Nc2cccc(C)c2)c1. The first kappa shape index (κ1) is 16.5. The minimum Gasteiger partial charge on any atom is -0.494 e. The van der Waals surface area contributed by atoms with Crippen molar-refractivity contribution >= 4 is 17.6 Å². The number of aryl methyl sites for hydroxylation is 1. The fourth-order valence-corrected chi connectivity index (χ4v) is 2.01. The van der Waals surface area contributed by atoms with Gasteiger partial charge < -0.3 is 14.8 Å². The molecule has 2 aromatic carbocycles. The molecule has 0 aliphatic carbocycles. The second kappa shape index (κ2) is 7.98. The predicted molar refractivity (Wildman–Crippen MR) is 87.7 cm³/mol. The van der Waals surface area contributed by atoms with Gasteiger partial charge in [-0.15, -0.1) is 0 Å². The molecule has 1 N–H and O–H groups in total. The molecule has 5 heteroatoms. The molecule has 2 rings (SSSR count). The van der Waals surface area contributed by atoms with Gasteiger partial charge >= 0.3 is 5.97 Å². The average molecular weight is 313 g/mol. The quantitative estimate of drug-likeness (QED) is 0.832. The monoisotopic (exact) mass is 313 g/mol. The number of carbonyl (C=O) groups excluding carboxylic acids is 2. The Hall–Kier alpha value is -2.82. The van der Waals surface area contributed by atoms with Crippen molar-refractivity contribution in [2.75, 3.05) is 18.5 Å². The summed E-state index contributed by atoms with van der Waals surface area (Å²) in [6.07, 6.45) is 0. The molecule has 0 fully saturated rings. The van der Waals surface area contributed by atoms with Crippen LogP contribution in [0.5, 0.6) is 5.75 Å². The minimum absolute atomic E-state index is 0.342. The molecule has 0 spiro atoms. The van der Waals surface area contributed by atoms with E-state index in [4.69, 9.17) is 9.47 Å². The maximum absolute atomic E-state index is 12.0. The van der Waals surface area contributed by atoms with Gasteiger partial charge in [-0.25, -0.2) is 4.79 Å². The number of rotatable bonds is 6. The lowest BCUT2D eigenvalue weighted by molar-refractivity contribution is -0.119. The zero-order chi connectivity index (χ0) is 16.7. The molecule has 5 nitrogen and oxygen atoms in total. The number of ether oxygens (including phenoxy) is 2. The van der Waals surface area contributed by atoms with Crippen molar-refractivity contribution < 1.29 is 19.1 Å². The number of carbonyl (C=O) groups is 2. The number of nitrogens with one attached hydrogen (secondary N) is 1. The van der Waals surface area contributed by atoms with E-state index >= 15 is 0 Å². The van der Waals surface area contributed by atoms with Crippen molar-refractivity contribution in [1.29, 1.82) is 0 Å². The second-order valence-electron chi connectivity index (χ2n) is 4.95. The van der Waals surface area contributed by atoms with E-state index in [9.17, 15) is 9.59 Å². The summed E-state index contributed by atoms with van der Waals surface area (Å²) in [6, 6.07) is 14.0. The summed E-state index contributed by atoms with van der Waals surface area (Å²) in [5, 5.41) is 2.68. The van der Waals surface area contributed by atoms with E-state index in [1.165, 1.54) is 0 Å². The summed E-state index contributed by atoms with van der Waals surface area (Å²) in [7, 11) is 0. The van der Waals surface area contributed by atoms with Crippen molar-refractivity contribution in [1.82, 2.24) is 0 Å². The summed E-state index contributed by atoms with van der Waals surface area (Å²) in [5.41, 5.74) is 2.05. The number of hydrogen-bond donors (Lipinski definition) is 1. The van der Waals surface area contributed by atoms with E-state index in [2.05, 4.69) is 5.32 Å². The predicted octanol–water partition coefficient (Wildman–Crippen LogP) is 3.19. The van der Waals surface area contributed by atoms with Gasteiger partial charge in [0.15, 0.2) is 6.61 Å². The van der Waals surface area contributed by atoms with Crippen molar-refractivity contribution in [2.45, 2.75) is 13.8 Å². The van der Waals surface area contributed by atoms with E-state index < -0.39 is 5.97 Å². The first-order valence-corrected chi connectivity index (χ1v) is 7.35. The Balaban J connectivity index is 1.88. The lowest BCUT2D eigenvalue weighted by atomic mass is 10.2. The standard InChI is InChI=1S/C18H19NO4/c1-3-22-16-9-5-7-14(11-16)18(21)23-12-17(20)19-15-8-4-6-13(2)10-15/h4-11H,3,12H2,1-2H3,(H,19,20). The van der Waals surface area contributed by atoms with E-state index in [-0.39, 0.29) is 12.5 Å². The number of anilines is 1. The van der Waals surface area contributed by atoms with Gasteiger partial charge in [0.1, 0.15) is 5.75 Å². The molecule has 1 amide bonds. The van der Waals surface area contributed by atoms with Crippen LogP contribution in [0.1, 0.15) is 22.8 Å². The van der Waals surface area contributed by atoms with E-state index in [1.807, 2.05) is 32.0 Å². The fourth-order valence-electron chi connectivity index (χ4n) is 2.01. The fraction of sp³-hybridized carbons (Fsp3) is 0.222. The molecule has 0 bridgehead atoms. The van der Waals surface area contributed by atoms with Gasteiger partial charge in [-0.2, -0.15) is 0 Å². The second-order valence-corrected chi connectivity index (χ2v) is 4.95. The van der Waals surface area contributed by atoms with Crippen LogP contribution in [-0.2, 0) is 9.53 Å². The van der Waals surface area contributed by atoms with Crippen LogP contribution >= 0.6 is 0 Å². The molecular formula is C18H19NO4. The zero-order valence-electron chi connectivity index (χ0n) is 13.2. The van der Waals surface area contributed by atoms with Crippen molar-refractivity contribution in [3.63, 3.8) is 0 Å². The van der Waals surface area contributed by atoms with Gasteiger partial charge in [-0.1, -0.05) is 18.2 Å². The van der Waals surface area contributed by atoms with Gasteiger partial charge in [-0.05, 0) is 49.7 Å². The van der Waals surface area contributed by atoms with Crippen molar-refractivity contribution in [3.05, 3.63) is 59.7 Å². The molecule has 0 unspecified atom stereocenters. The van der Waals surface area contributed by atoms with Crippen molar-refractivity contribution in [3.8, 4) is 5.75 Å². The maximum atomic E-state index is 12.0. The number of hydrogen-bond acceptors (Lipinski definition) is 4. The lowest BCUT2D eigenvalue weighted by Gasteiger charge is -2.08. The molecule has 0 saturated carbocycles. The molecule has 0 aliphatic rings. The molecule has 0 heterocycles. The van der Waals surface area contributed by atoms with Crippen LogP contribution in [-0.4, -0.2) is 25.1 Å². The normalized spacial score (nSPS) is 10.0. The molecule has 0 saturated heterocycles. The summed E-state index contributed by atoms with van der Waals surface area (Å²) in [6.45, 7) is 3.96. The van der Waals surface area contributed by atoms with E-state index in [0.717, 1.165) is 5.56 Å². The van der Waals surface area contributed by atoms with Crippen LogP contribution in [0.15, 0.2) is 48.5 Å². The smallest absolute Gasteiger partial charge is 0.338 e. The Kier molecular flexibility index (Phi) is 5.74. The van der Waals surface area contributed by atoms with Gasteiger partial charge in [0.05, 0.1) is 12.2 Å². The third kappa shape index (κ3) is 5.14. The largest absolute Gasteiger partial charge is 0.494 e. The summed E-state index contributed by atoms with van der Waals surface area (Å²) in [5.74, 6) is -0.359. The highest BCUT2D eigenvalue weighted by atomic mass is 16.5. The summed E-state index contributed by atoms with van der Waals surface area (Å²) >= 11 is 0. The molecule has 0 radical (unpaired) electrons. The average Bonchev–Trinajstić information content (AvgIpc) is 2.53. The number of esters is 1. The summed E-state index contributed by atoms with van der Waals surface area (Å²) < 4.78 is 10.3. The van der Waals surface area contributed by atoms with Crippen LogP contribution in [0, 0.1) is 6.92 Å². The van der Waals surface area contributed by atoms with Gasteiger partial charge in [0, 0.05) is 5.69 Å². The van der Waals surface area contributed by atoms with Gasteiger partial charge in [-0.3, -0.25) is 4.79 Å². The molecule has 0 aromatic heterocycles. The van der Waals surface area contributed by atoms with E-state index in [1.54, 1.807) is 30.3 Å².